The maximum Gasteiger partial charge on any atom is 0.258 e. The van der Waals surface area contributed by atoms with Crippen LogP contribution in [0, 0.1) is 18.3 Å². The van der Waals surface area contributed by atoms with E-state index in [4.69, 9.17) is 24.7 Å². The van der Waals surface area contributed by atoms with Crippen molar-refractivity contribution in [1.29, 1.82) is 5.26 Å². The van der Waals surface area contributed by atoms with Crippen molar-refractivity contribution in [3.05, 3.63) is 62.9 Å². The fraction of sp³-hybridized carbons (Fsp3) is 0.364. The second-order valence-electron chi connectivity index (χ2n) is 7.65. The second-order valence-corrected chi connectivity index (χ2v) is 7.65. The molecule has 0 bridgehead atoms. The Bertz CT molecular complexity index is 1150. The Morgan fingerprint density at radius 3 is 2.83 bits per heavy atom. The van der Waals surface area contributed by atoms with Gasteiger partial charge in [0, 0.05) is 18.4 Å². The van der Waals surface area contributed by atoms with Crippen LogP contribution in [-0.2, 0) is 11.3 Å². The minimum atomic E-state index is -0.655. The zero-order valence-corrected chi connectivity index (χ0v) is 16.5. The lowest BCUT2D eigenvalue weighted by Crippen LogP contribution is -2.35. The molecule has 154 valence electrons. The summed E-state index contributed by atoms with van der Waals surface area (Å²) in [5.41, 5.74) is 7.92. The van der Waals surface area contributed by atoms with Crippen LogP contribution in [0.4, 0.5) is 0 Å². The van der Waals surface area contributed by atoms with Gasteiger partial charge in [0.2, 0.25) is 12.7 Å². The zero-order valence-electron chi connectivity index (χ0n) is 16.5. The van der Waals surface area contributed by atoms with E-state index in [1.807, 2.05) is 13.0 Å². The number of allylic oxidation sites excluding steroid dienone is 1. The number of pyridine rings is 1. The molecular weight excluding hydrogens is 386 g/mol. The average Bonchev–Trinajstić information content (AvgIpc) is 3.41. The highest BCUT2D eigenvalue weighted by Gasteiger charge is 2.35. The molecule has 8 heteroatoms. The van der Waals surface area contributed by atoms with Gasteiger partial charge in [-0.15, -0.1) is 0 Å². The first-order valence-corrected chi connectivity index (χ1v) is 9.90. The number of aromatic nitrogens is 1. The van der Waals surface area contributed by atoms with E-state index in [2.05, 4.69) is 6.07 Å². The number of aryl methyl sites for hydroxylation is 1. The van der Waals surface area contributed by atoms with E-state index in [1.54, 1.807) is 22.8 Å². The molecule has 0 amide bonds. The van der Waals surface area contributed by atoms with Crippen LogP contribution < -0.4 is 25.5 Å². The number of nitriles is 1. The Balaban J connectivity index is 1.67. The molecule has 1 aromatic heterocycles. The summed E-state index contributed by atoms with van der Waals surface area (Å²) in [6.45, 7) is 3.17. The van der Waals surface area contributed by atoms with Crippen LogP contribution in [0.5, 0.6) is 17.2 Å². The maximum atomic E-state index is 13.6. The molecule has 1 fully saturated rings. The van der Waals surface area contributed by atoms with Crippen molar-refractivity contribution in [2.75, 3.05) is 13.4 Å². The number of ether oxygens (including phenoxy) is 4. The van der Waals surface area contributed by atoms with Crippen LogP contribution in [0.15, 0.2) is 40.5 Å². The summed E-state index contributed by atoms with van der Waals surface area (Å²) in [6, 6.07) is 9.31. The third-order valence-electron chi connectivity index (χ3n) is 5.83. The smallest absolute Gasteiger partial charge is 0.258 e. The highest BCUT2D eigenvalue weighted by atomic mass is 16.7. The van der Waals surface area contributed by atoms with E-state index in [0.29, 0.717) is 41.5 Å². The number of fused-ring (bicyclic) bond motifs is 2. The molecule has 0 aliphatic carbocycles. The molecule has 2 N–H and O–H groups in total. The lowest BCUT2D eigenvalue weighted by molar-refractivity contribution is 0.0955. The molecule has 0 saturated carbocycles. The number of hydrogen-bond acceptors (Lipinski definition) is 7. The normalized spacial score (nSPS) is 21.9. The van der Waals surface area contributed by atoms with Gasteiger partial charge in [0.1, 0.15) is 17.4 Å². The van der Waals surface area contributed by atoms with Gasteiger partial charge in [-0.25, -0.2) is 0 Å². The second kappa shape index (κ2) is 7.11. The molecule has 3 aliphatic heterocycles. The molecule has 1 aromatic carbocycles. The predicted molar refractivity (Wildman–Crippen MR) is 106 cm³/mol. The molecule has 3 aliphatic rings. The van der Waals surface area contributed by atoms with E-state index in [9.17, 15) is 10.1 Å². The molecule has 4 heterocycles. The van der Waals surface area contributed by atoms with Crippen molar-refractivity contribution in [3.63, 3.8) is 0 Å². The van der Waals surface area contributed by atoms with Crippen LogP contribution >= 0.6 is 0 Å². The third-order valence-corrected chi connectivity index (χ3v) is 5.83. The number of rotatable bonds is 3. The van der Waals surface area contributed by atoms with Crippen LogP contribution in [0.3, 0.4) is 0 Å². The van der Waals surface area contributed by atoms with Gasteiger partial charge in [-0.1, -0.05) is 6.07 Å². The Kier molecular flexibility index (Phi) is 4.40. The Morgan fingerprint density at radius 1 is 1.23 bits per heavy atom. The van der Waals surface area contributed by atoms with Crippen molar-refractivity contribution in [3.8, 4) is 23.3 Å². The predicted octanol–water partition coefficient (Wildman–Crippen LogP) is 2.28. The molecule has 30 heavy (non-hydrogen) atoms. The number of benzene rings is 1. The Hall–Kier alpha value is -3.44. The van der Waals surface area contributed by atoms with E-state index in [-0.39, 0.29) is 29.9 Å². The van der Waals surface area contributed by atoms with Gasteiger partial charge >= 0.3 is 0 Å². The molecule has 0 radical (unpaired) electrons. The van der Waals surface area contributed by atoms with E-state index in [1.165, 1.54) is 0 Å². The number of nitrogens with zero attached hydrogens (tertiary/aromatic N) is 2. The molecule has 2 atom stereocenters. The van der Waals surface area contributed by atoms with E-state index < -0.39 is 5.92 Å². The maximum absolute atomic E-state index is 13.6. The van der Waals surface area contributed by atoms with Gasteiger partial charge in [-0.3, -0.25) is 4.79 Å². The van der Waals surface area contributed by atoms with E-state index in [0.717, 1.165) is 18.5 Å². The summed E-state index contributed by atoms with van der Waals surface area (Å²) in [5.74, 6) is 0.921. The lowest BCUT2D eigenvalue weighted by atomic mass is 9.84. The highest BCUT2D eigenvalue weighted by Crippen LogP contribution is 2.43. The monoisotopic (exact) mass is 407 g/mol. The SMILES string of the molecule is Cc1cc2c(c(=O)n1C[C@@H]1CCCO1)[C@H](c1ccc3c(c1)OCO3)C(C#N)=C(N)O2. The van der Waals surface area contributed by atoms with Crippen molar-refractivity contribution in [2.24, 2.45) is 5.73 Å². The number of nitrogens with two attached hydrogens (primary N) is 1. The third kappa shape index (κ3) is 2.90. The Labute approximate surface area is 173 Å². The molecule has 8 nitrogen and oxygen atoms in total. The fourth-order valence-electron chi connectivity index (χ4n) is 4.33. The van der Waals surface area contributed by atoms with E-state index >= 15 is 0 Å². The average molecular weight is 407 g/mol. The summed E-state index contributed by atoms with van der Waals surface area (Å²) < 4.78 is 24.0. The zero-order chi connectivity index (χ0) is 20.8. The lowest BCUT2D eigenvalue weighted by Gasteiger charge is -2.28. The Morgan fingerprint density at radius 2 is 2.07 bits per heavy atom. The fourth-order valence-corrected chi connectivity index (χ4v) is 4.33. The largest absolute Gasteiger partial charge is 0.454 e. The minimum Gasteiger partial charge on any atom is -0.454 e. The van der Waals surface area contributed by atoms with Crippen molar-refractivity contribution >= 4 is 0 Å². The molecule has 2 aromatic rings. The molecule has 1 saturated heterocycles. The first-order chi connectivity index (χ1) is 14.6. The summed E-state index contributed by atoms with van der Waals surface area (Å²) in [6.07, 6.45) is 1.91. The van der Waals surface area contributed by atoms with Gasteiger partial charge in [0.05, 0.1) is 24.1 Å². The first kappa shape index (κ1) is 18.6. The minimum absolute atomic E-state index is 0.00310. The standard InChI is InChI=1S/C22H21N3O5/c1-12-7-18-20(22(26)25(12)10-14-3-2-6-27-14)19(15(9-23)21(24)30-18)13-4-5-16-17(8-13)29-11-28-16/h4-5,7-8,14,19H,2-3,6,10-11,24H2,1H3/t14-,19+/m0/s1. The first-order valence-electron chi connectivity index (χ1n) is 9.90. The highest BCUT2D eigenvalue weighted by molar-refractivity contribution is 5.57. The van der Waals surface area contributed by atoms with Crippen LogP contribution in [0.2, 0.25) is 0 Å². The quantitative estimate of drug-likeness (QED) is 0.831. The topological polar surface area (TPSA) is 109 Å². The van der Waals surface area contributed by atoms with Gasteiger partial charge in [0.25, 0.3) is 5.56 Å². The molecule has 0 unspecified atom stereocenters. The van der Waals surface area contributed by atoms with Crippen LogP contribution in [-0.4, -0.2) is 24.1 Å². The molecule has 5 rings (SSSR count). The summed E-state index contributed by atoms with van der Waals surface area (Å²) >= 11 is 0. The van der Waals surface area contributed by atoms with Gasteiger partial charge in [-0.2, -0.15) is 5.26 Å². The van der Waals surface area contributed by atoms with Gasteiger partial charge in [0.15, 0.2) is 11.5 Å². The van der Waals surface area contributed by atoms with Crippen molar-refractivity contribution < 1.29 is 18.9 Å². The molecular formula is C22H21N3O5. The summed E-state index contributed by atoms with van der Waals surface area (Å²) in [4.78, 5) is 13.6. The van der Waals surface area contributed by atoms with Crippen LogP contribution in [0.1, 0.15) is 35.6 Å². The molecule has 0 spiro atoms. The van der Waals surface area contributed by atoms with Crippen molar-refractivity contribution in [1.82, 2.24) is 4.57 Å². The summed E-state index contributed by atoms with van der Waals surface area (Å²) in [7, 11) is 0. The van der Waals surface area contributed by atoms with Crippen molar-refractivity contribution in [2.45, 2.75) is 38.3 Å². The van der Waals surface area contributed by atoms with Gasteiger partial charge in [-0.05, 0) is 37.5 Å². The van der Waals surface area contributed by atoms with Gasteiger partial charge < -0.3 is 29.2 Å². The number of hydrogen-bond donors (Lipinski definition) is 1. The van der Waals surface area contributed by atoms with Crippen LogP contribution in [0.25, 0.3) is 0 Å². The summed E-state index contributed by atoms with van der Waals surface area (Å²) in [5, 5.41) is 9.80.